The zero-order valence-electron chi connectivity index (χ0n) is 17.6. The van der Waals surface area contributed by atoms with E-state index in [4.69, 9.17) is 0 Å². The Hall–Kier alpha value is -2.67. The summed E-state index contributed by atoms with van der Waals surface area (Å²) < 4.78 is 28.0. The highest BCUT2D eigenvalue weighted by Crippen LogP contribution is 2.32. The minimum atomic E-state index is -3.03. The van der Waals surface area contributed by atoms with Gasteiger partial charge >= 0.3 is 0 Å². The van der Waals surface area contributed by atoms with Crippen molar-refractivity contribution in [3.63, 3.8) is 0 Å². The molecular weight excluding hydrogens is 398 g/mol. The van der Waals surface area contributed by atoms with Gasteiger partial charge in [0.1, 0.15) is 0 Å². The summed E-state index contributed by atoms with van der Waals surface area (Å²) in [6.07, 6.45) is 7.15. The van der Waals surface area contributed by atoms with Crippen LogP contribution in [0.15, 0.2) is 53.7 Å². The van der Waals surface area contributed by atoms with Gasteiger partial charge in [0, 0.05) is 30.6 Å². The average molecular weight is 426 g/mol. The summed E-state index contributed by atoms with van der Waals surface area (Å²) in [5, 5.41) is 4.33. The third-order valence-corrected chi connectivity index (χ3v) is 7.60. The highest BCUT2D eigenvalue weighted by molar-refractivity contribution is 7.91. The van der Waals surface area contributed by atoms with E-state index in [1.807, 2.05) is 37.5 Å². The van der Waals surface area contributed by atoms with Crippen LogP contribution in [0.3, 0.4) is 0 Å². The van der Waals surface area contributed by atoms with E-state index >= 15 is 0 Å². The van der Waals surface area contributed by atoms with Gasteiger partial charge in [0.2, 0.25) is 0 Å². The lowest BCUT2D eigenvalue weighted by Gasteiger charge is -2.10. The van der Waals surface area contributed by atoms with Gasteiger partial charge in [0.25, 0.3) is 5.56 Å². The lowest BCUT2D eigenvalue weighted by Crippen LogP contribution is -2.21. The average Bonchev–Trinajstić information content (AvgIpc) is 3.43. The van der Waals surface area contributed by atoms with Crippen LogP contribution in [0.2, 0.25) is 0 Å². The zero-order chi connectivity index (χ0) is 21.5. The van der Waals surface area contributed by atoms with Crippen molar-refractivity contribution in [3.05, 3.63) is 70.4 Å². The first-order valence-corrected chi connectivity index (χ1v) is 12.0. The third-order valence-electron chi connectivity index (χ3n) is 5.38. The van der Waals surface area contributed by atoms with E-state index in [2.05, 4.69) is 18.9 Å². The SMILES string of the molecule is Cc1cc(CS(=O)(=O)C2CC2)ccc1-c1cnn(-c2ccc(=O)n(CC(C)C)c2)c1. The Morgan fingerprint density at radius 1 is 1.13 bits per heavy atom. The maximum atomic E-state index is 12.3. The molecule has 0 saturated heterocycles. The van der Waals surface area contributed by atoms with Crippen LogP contribution in [0.5, 0.6) is 0 Å². The normalized spacial score (nSPS) is 14.4. The van der Waals surface area contributed by atoms with Crippen molar-refractivity contribution in [1.29, 1.82) is 0 Å². The number of aryl methyl sites for hydroxylation is 1. The summed E-state index contributed by atoms with van der Waals surface area (Å²) in [6, 6.07) is 9.15. The molecular formula is C23H27N3O3S. The van der Waals surface area contributed by atoms with E-state index < -0.39 is 9.84 Å². The molecule has 0 aliphatic heterocycles. The molecule has 0 N–H and O–H groups in total. The molecule has 0 spiro atoms. The van der Waals surface area contributed by atoms with Crippen molar-refractivity contribution in [3.8, 4) is 16.8 Å². The second-order valence-corrected chi connectivity index (χ2v) is 10.9. The number of rotatable bonds is 7. The second kappa shape index (κ2) is 7.87. The van der Waals surface area contributed by atoms with Crippen molar-refractivity contribution in [2.45, 2.75) is 51.2 Å². The van der Waals surface area contributed by atoms with Crippen LogP contribution in [0.1, 0.15) is 37.8 Å². The molecule has 1 aromatic carbocycles. The van der Waals surface area contributed by atoms with Crippen LogP contribution < -0.4 is 5.56 Å². The molecule has 3 aromatic rings. The molecule has 0 amide bonds. The van der Waals surface area contributed by atoms with E-state index in [9.17, 15) is 13.2 Å². The van der Waals surface area contributed by atoms with Gasteiger partial charge in [-0.1, -0.05) is 32.0 Å². The number of aromatic nitrogens is 3. The molecule has 0 radical (unpaired) electrons. The molecule has 1 saturated carbocycles. The number of hydrogen-bond donors (Lipinski definition) is 0. The Kier molecular flexibility index (Phi) is 5.40. The minimum Gasteiger partial charge on any atom is -0.313 e. The monoisotopic (exact) mass is 425 g/mol. The maximum absolute atomic E-state index is 12.3. The molecule has 0 bridgehead atoms. The molecule has 2 aromatic heterocycles. The van der Waals surface area contributed by atoms with Gasteiger partial charge in [-0.05, 0) is 48.4 Å². The largest absolute Gasteiger partial charge is 0.313 e. The predicted molar refractivity (Wildman–Crippen MR) is 118 cm³/mol. The van der Waals surface area contributed by atoms with Crippen molar-refractivity contribution in [2.24, 2.45) is 5.92 Å². The zero-order valence-corrected chi connectivity index (χ0v) is 18.4. The highest BCUT2D eigenvalue weighted by Gasteiger charge is 2.35. The predicted octanol–water partition coefficient (Wildman–Crippen LogP) is 3.74. The van der Waals surface area contributed by atoms with Crippen LogP contribution in [0, 0.1) is 12.8 Å². The number of nitrogens with zero attached hydrogens (tertiary/aromatic N) is 3. The van der Waals surface area contributed by atoms with Crippen molar-refractivity contribution in [1.82, 2.24) is 14.3 Å². The molecule has 7 heteroatoms. The van der Waals surface area contributed by atoms with E-state index in [1.54, 1.807) is 27.6 Å². The first-order chi connectivity index (χ1) is 14.2. The summed E-state index contributed by atoms with van der Waals surface area (Å²) in [6.45, 7) is 6.80. The van der Waals surface area contributed by atoms with Crippen LogP contribution in [-0.4, -0.2) is 28.0 Å². The molecule has 1 fully saturated rings. The molecule has 1 aliphatic carbocycles. The Morgan fingerprint density at radius 2 is 1.90 bits per heavy atom. The summed E-state index contributed by atoms with van der Waals surface area (Å²) in [4.78, 5) is 12.1. The summed E-state index contributed by atoms with van der Waals surface area (Å²) in [7, 11) is -3.03. The molecule has 0 unspecified atom stereocenters. The van der Waals surface area contributed by atoms with E-state index in [1.165, 1.54) is 0 Å². The molecule has 1 aliphatic rings. The van der Waals surface area contributed by atoms with Crippen LogP contribution in [0.4, 0.5) is 0 Å². The molecule has 4 rings (SSSR count). The quantitative estimate of drug-likeness (QED) is 0.578. The molecule has 30 heavy (non-hydrogen) atoms. The molecule has 6 nitrogen and oxygen atoms in total. The lowest BCUT2D eigenvalue weighted by atomic mass is 10.0. The molecule has 0 atom stereocenters. The summed E-state index contributed by atoms with van der Waals surface area (Å²) in [5.74, 6) is 0.478. The third kappa shape index (κ3) is 4.41. The summed E-state index contributed by atoms with van der Waals surface area (Å²) >= 11 is 0. The highest BCUT2D eigenvalue weighted by atomic mass is 32.2. The van der Waals surface area contributed by atoms with E-state index in [-0.39, 0.29) is 16.6 Å². The second-order valence-electron chi connectivity index (χ2n) is 8.60. The molecule has 158 valence electrons. The Labute approximate surface area is 177 Å². The summed E-state index contributed by atoms with van der Waals surface area (Å²) in [5.41, 5.74) is 4.62. The van der Waals surface area contributed by atoms with Gasteiger partial charge in [-0.2, -0.15) is 5.10 Å². The standard InChI is InChI=1S/C23H27N3O3S/c1-16(2)12-25-14-20(5-9-23(25)27)26-13-19(11-24-26)22-8-4-18(10-17(22)3)15-30(28,29)21-6-7-21/h4-5,8-11,13-14,16,21H,6-7,12,15H2,1-3H3. The minimum absolute atomic E-state index is 0.0209. The van der Waals surface area contributed by atoms with E-state index in [0.717, 1.165) is 40.8 Å². The number of sulfone groups is 1. The fourth-order valence-corrected chi connectivity index (χ4v) is 5.44. The van der Waals surface area contributed by atoms with E-state index in [0.29, 0.717) is 12.5 Å². The topological polar surface area (TPSA) is 74.0 Å². The first kappa shape index (κ1) is 20.6. The van der Waals surface area contributed by atoms with Gasteiger partial charge in [0.05, 0.1) is 22.9 Å². The van der Waals surface area contributed by atoms with Crippen molar-refractivity contribution >= 4 is 9.84 Å². The van der Waals surface area contributed by atoms with Gasteiger partial charge in [-0.3, -0.25) is 4.79 Å². The Bertz CT molecular complexity index is 1230. The molecule has 2 heterocycles. The Morgan fingerprint density at radius 3 is 2.57 bits per heavy atom. The van der Waals surface area contributed by atoms with Gasteiger partial charge in [-0.15, -0.1) is 0 Å². The number of hydrogen-bond acceptors (Lipinski definition) is 4. The van der Waals surface area contributed by atoms with Crippen molar-refractivity contribution in [2.75, 3.05) is 0 Å². The smallest absolute Gasteiger partial charge is 0.250 e. The first-order valence-electron chi connectivity index (χ1n) is 10.3. The fourth-order valence-electron chi connectivity index (χ4n) is 3.71. The van der Waals surface area contributed by atoms with Gasteiger partial charge in [0.15, 0.2) is 9.84 Å². The number of benzene rings is 1. The van der Waals surface area contributed by atoms with Gasteiger partial charge < -0.3 is 4.57 Å². The van der Waals surface area contributed by atoms with Crippen LogP contribution in [-0.2, 0) is 22.1 Å². The maximum Gasteiger partial charge on any atom is 0.250 e. The lowest BCUT2D eigenvalue weighted by molar-refractivity contribution is 0.509. The fraction of sp³-hybridized carbons (Fsp3) is 0.391. The van der Waals surface area contributed by atoms with Crippen LogP contribution in [0.25, 0.3) is 16.8 Å². The van der Waals surface area contributed by atoms with Gasteiger partial charge in [-0.25, -0.2) is 13.1 Å². The van der Waals surface area contributed by atoms with Crippen molar-refractivity contribution < 1.29 is 8.42 Å². The number of pyridine rings is 1. The Balaban J connectivity index is 1.59. The van der Waals surface area contributed by atoms with Crippen LogP contribution >= 0.6 is 0 Å².